The number of aliphatic imine (C=N–C) groups is 1. The molecule has 5 rings (SSSR count). The number of rotatable bonds is 6. The lowest BCUT2D eigenvalue weighted by atomic mass is 9.69. The Kier molecular flexibility index (Phi) is 7.24. The van der Waals surface area contributed by atoms with Gasteiger partial charge in [0, 0.05) is 34.3 Å². The highest BCUT2D eigenvalue weighted by molar-refractivity contribution is 6.30. The molecule has 1 heterocycles. The molecule has 0 spiro atoms. The van der Waals surface area contributed by atoms with E-state index in [-0.39, 0.29) is 11.7 Å². The SMILES string of the molecule is COC(=O)C1C(C)=NC2=C(C(=O)CC(c3ccc(Cl)cc3)C2)C1c1ccc(OCc2ccccc2)cc1. The largest absolute Gasteiger partial charge is 0.489 e. The molecule has 3 atom stereocenters. The molecule has 0 amide bonds. The standard InChI is InChI=1S/C31H28ClNO4/c1-19-28(31(35)36-2)29(22-10-14-25(15-11-22)37-18-20-6-4-3-5-7-20)30-26(33-19)16-23(17-27(30)34)21-8-12-24(32)13-9-21/h3-15,23,28-29H,16-18H2,1-2H3. The van der Waals surface area contributed by atoms with Gasteiger partial charge in [-0.25, -0.2) is 0 Å². The van der Waals surface area contributed by atoms with E-state index < -0.39 is 17.8 Å². The Morgan fingerprint density at radius 1 is 0.946 bits per heavy atom. The number of Topliss-reactive ketones (excluding diaryl/α,β-unsaturated/α-hetero) is 1. The molecule has 0 bridgehead atoms. The maximum atomic E-state index is 13.6. The second kappa shape index (κ2) is 10.7. The highest BCUT2D eigenvalue weighted by Gasteiger charge is 2.44. The van der Waals surface area contributed by atoms with Crippen LogP contribution in [0.15, 0.2) is 95.1 Å². The summed E-state index contributed by atoms with van der Waals surface area (Å²) in [6, 6.07) is 25.2. The van der Waals surface area contributed by atoms with Crippen LogP contribution in [0.4, 0.5) is 0 Å². The quantitative estimate of drug-likeness (QED) is 0.345. The minimum Gasteiger partial charge on any atom is -0.489 e. The number of halogens is 1. The fourth-order valence-corrected chi connectivity index (χ4v) is 5.46. The van der Waals surface area contributed by atoms with Crippen LogP contribution in [0.5, 0.6) is 5.75 Å². The molecule has 0 N–H and O–H groups in total. The molecule has 3 unspecified atom stereocenters. The zero-order chi connectivity index (χ0) is 25.9. The fourth-order valence-electron chi connectivity index (χ4n) is 5.33. The van der Waals surface area contributed by atoms with Crippen molar-refractivity contribution in [1.29, 1.82) is 0 Å². The van der Waals surface area contributed by atoms with Crippen molar-refractivity contribution in [2.45, 2.75) is 38.2 Å². The minimum atomic E-state index is -0.657. The summed E-state index contributed by atoms with van der Waals surface area (Å²) < 4.78 is 11.1. The van der Waals surface area contributed by atoms with Crippen molar-refractivity contribution in [2.24, 2.45) is 10.9 Å². The summed E-state index contributed by atoms with van der Waals surface area (Å²) in [6.45, 7) is 2.30. The van der Waals surface area contributed by atoms with Gasteiger partial charge in [0.2, 0.25) is 0 Å². The summed E-state index contributed by atoms with van der Waals surface area (Å²) in [5.41, 5.74) is 5.03. The lowest BCUT2D eigenvalue weighted by Crippen LogP contribution is -2.37. The van der Waals surface area contributed by atoms with Crippen molar-refractivity contribution in [1.82, 2.24) is 0 Å². The number of carbonyl (C=O) groups is 2. The van der Waals surface area contributed by atoms with E-state index in [0.29, 0.717) is 35.8 Å². The second-order valence-electron chi connectivity index (χ2n) is 9.52. The Morgan fingerprint density at radius 3 is 2.30 bits per heavy atom. The first-order valence-corrected chi connectivity index (χ1v) is 12.7. The Labute approximate surface area is 221 Å². The van der Waals surface area contributed by atoms with Crippen LogP contribution >= 0.6 is 11.6 Å². The Bertz CT molecular complexity index is 1360. The normalized spacial score (nSPS) is 21.2. The van der Waals surface area contributed by atoms with Gasteiger partial charge in [-0.15, -0.1) is 0 Å². The van der Waals surface area contributed by atoms with Gasteiger partial charge in [-0.1, -0.05) is 66.2 Å². The van der Waals surface area contributed by atoms with Crippen molar-refractivity contribution in [3.05, 3.63) is 112 Å². The van der Waals surface area contributed by atoms with E-state index in [1.807, 2.05) is 85.8 Å². The van der Waals surface area contributed by atoms with E-state index in [1.54, 1.807) is 0 Å². The molecule has 1 aliphatic carbocycles. The average Bonchev–Trinajstić information content (AvgIpc) is 2.92. The fraction of sp³-hybridized carbons (Fsp3) is 0.258. The summed E-state index contributed by atoms with van der Waals surface area (Å²) >= 11 is 6.07. The molecule has 188 valence electrons. The van der Waals surface area contributed by atoms with Gasteiger partial charge in [-0.05, 0) is 60.2 Å². The number of allylic oxidation sites excluding steroid dienone is 2. The predicted molar refractivity (Wildman–Crippen MR) is 144 cm³/mol. The first-order valence-electron chi connectivity index (χ1n) is 12.4. The predicted octanol–water partition coefficient (Wildman–Crippen LogP) is 6.67. The van der Waals surface area contributed by atoms with E-state index in [0.717, 1.165) is 28.1 Å². The Morgan fingerprint density at radius 2 is 1.62 bits per heavy atom. The number of benzene rings is 3. The van der Waals surface area contributed by atoms with Crippen LogP contribution in [0.25, 0.3) is 0 Å². The monoisotopic (exact) mass is 513 g/mol. The topological polar surface area (TPSA) is 65.0 Å². The molecule has 1 aliphatic heterocycles. The molecule has 3 aromatic rings. The van der Waals surface area contributed by atoms with Crippen molar-refractivity contribution in [2.75, 3.05) is 7.11 Å². The molecule has 0 aromatic heterocycles. The highest BCUT2D eigenvalue weighted by Crippen LogP contribution is 2.47. The van der Waals surface area contributed by atoms with E-state index in [1.165, 1.54) is 7.11 Å². The lowest BCUT2D eigenvalue weighted by Gasteiger charge is -2.36. The van der Waals surface area contributed by atoms with Crippen molar-refractivity contribution in [3.8, 4) is 5.75 Å². The number of ether oxygens (including phenoxy) is 2. The van der Waals surface area contributed by atoms with Gasteiger partial charge in [0.15, 0.2) is 5.78 Å². The van der Waals surface area contributed by atoms with Crippen LogP contribution < -0.4 is 4.74 Å². The maximum absolute atomic E-state index is 13.6. The van der Waals surface area contributed by atoms with Gasteiger partial charge < -0.3 is 9.47 Å². The molecule has 0 saturated heterocycles. The number of methoxy groups -OCH3 is 1. The number of carbonyl (C=O) groups excluding carboxylic acids is 2. The van der Waals surface area contributed by atoms with E-state index >= 15 is 0 Å². The first-order chi connectivity index (χ1) is 17.9. The Hall–Kier alpha value is -3.70. The first kappa shape index (κ1) is 25.0. The van der Waals surface area contributed by atoms with Crippen LogP contribution in [0.1, 0.15) is 48.3 Å². The molecule has 37 heavy (non-hydrogen) atoms. The molecule has 2 aliphatic rings. The molecule has 0 fully saturated rings. The number of hydrogen-bond donors (Lipinski definition) is 0. The van der Waals surface area contributed by atoms with Crippen LogP contribution in [0.2, 0.25) is 5.02 Å². The summed E-state index contributed by atoms with van der Waals surface area (Å²) in [5, 5.41) is 0.662. The zero-order valence-corrected chi connectivity index (χ0v) is 21.6. The van der Waals surface area contributed by atoms with E-state index in [2.05, 4.69) is 0 Å². The lowest BCUT2D eigenvalue weighted by molar-refractivity contribution is -0.143. The third-order valence-electron chi connectivity index (χ3n) is 7.17. The Balaban J connectivity index is 1.46. The summed E-state index contributed by atoms with van der Waals surface area (Å²) in [5.74, 6) is -0.757. The van der Waals surface area contributed by atoms with E-state index in [9.17, 15) is 9.59 Å². The number of hydrogen-bond acceptors (Lipinski definition) is 5. The molecule has 0 radical (unpaired) electrons. The van der Waals surface area contributed by atoms with Crippen molar-refractivity contribution < 1.29 is 19.1 Å². The molecule has 5 nitrogen and oxygen atoms in total. The average molecular weight is 514 g/mol. The zero-order valence-electron chi connectivity index (χ0n) is 20.8. The molecule has 3 aromatic carbocycles. The van der Waals surface area contributed by atoms with Gasteiger partial charge in [0.1, 0.15) is 18.3 Å². The van der Waals surface area contributed by atoms with Crippen molar-refractivity contribution >= 4 is 29.1 Å². The third-order valence-corrected chi connectivity index (χ3v) is 7.42. The van der Waals surface area contributed by atoms with Crippen LogP contribution in [0.3, 0.4) is 0 Å². The summed E-state index contributed by atoms with van der Waals surface area (Å²) in [4.78, 5) is 31.3. The van der Waals surface area contributed by atoms with Gasteiger partial charge in [0.05, 0.1) is 7.11 Å². The van der Waals surface area contributed by atoms with Crippen LogP contribution in [-0.4, -0.2) is 24.6 Å². The molecule has 6 heteroatoms. The van der Waals surface area contributed by atoms with Crippen molar-refractivity contribution in [3.63, 3.8) is 0 Å². The van der Waals surface area contributed by atoms with Gasteiger partial charge >= 0.3 is 5.97 Å². The minimum absolute atomic E-state index is 0.0146. The summed E-state index contributed by atoms with van der Waals surface area (Å²) in [7, 11) is 1.37. The van der Waals surface area contributed by atoms with Gasteiger partial charge in [-0.2, -0.15) is 0 Å². The maximum Gasteiger partial charge on any atom is 0.315 e. The number of ketones is 1. The second-order valence-corrected chi connectivity index (χ2v) is 9.95. The van der Waals surface area contributed by atoms with E-state index in [4.69, 9.17) is 26.1 Å². The van der Waals surface area contributed by atoms with Gasteiger partial charge in [0.25, 0.3) is 0 Å². The number of esters is 1. The van der Waals surface area contributed by atoms with Gasteiger partial charge in [-0.3, -0.25) is 14.6 Å². The number of nitrogens with zero attached hydrogens (tertiary/aromatic N) is 1. The highest BCUT2D eigenvalue weighted by atomic mass is 35.5. The van der Waals surface area contributed by atoms with Crippen LogP contribution in [-0.2, 0) is 20.9 Å². The molecular formula is C31H28ClNO4. The molecular weight excluding hydrogens is 486 g/mol. The van der Waals surface area contributed by atoms with Crippen LogP contribution in [0, 0.1) is 5.92 Å². The molecule has 0 saturated carbocycles. The smallest absolute Gasteiger partial charge is 0.315 e. The summed E-state index contributed by atoms with van der Waals surface area (Å²) in [6.07, 6.45) is 0.987. The third kappa shape index (κ3) is 5.23.